The molecule has 0 saturated heterocycles. The summed E-state index contributed by atoms with van der Waals surface area (Å²) in [6.45, 7) is 2.30. The highest BCUT2D eigenvalue weighted by Crippen LogP contribution is 2.32. The van der Waals surface area contributed by atoms with E-state index in [1.807, 2.05) is 6.92 Å². The van der Waals surface area contributed by atoms with Gasteiger partial charge in [0, 0.05) is 17.3 Å². The summed E-state index contributed by atoms with van der Waals surface area (Å²) >= 11 is 0. The third-order valence-electron chi connectivity index (χ3n) is 3.83. The van der Waals surface area contributed by atoms with Crippen LogP contribution in [-0.2, 0) is 6.18 Å². The lowest BCUT2D eigenvalue weighted by molar-refractivity contribution is -0.137. The predicted molar refractivity (Wildman–Crippen MR) is 98.0 cm³/mol. The maximum atomic E-state index is 13.1. The van der Waals surface area contributed by atoms with Gasteiger partial charge >= 0.3 is 6.18 Å². The number of carbonyl (C=O) groups is 1. The Morgan fingerprint density at radius 3 is 2.50 bits per heavy atom. The second kappa shape index (κ2) is 8.08. The second-order valence-electron chi connectivity index (χ2n) is 5.77. The van der Waals surface area contributed by atoms with Gasteiger partial charge in [-0.2, -0.15) is 13.2 Å². The Morgan fingerprint density at radius 2 is 1.82 bits per heavy atom. The van der Waals surface area contributed by atoms with Crippen LogP contribution >= 0.6 is 0 Å². The molecule has 5 nitrogen and oxygen atoms in total. The monoisotopic (exact) mass is 387 g/mol. The van der Waals surface area contributed by atoms with Crippen molar-refractivity contribution in [1.82, 2.24) is 10.2 Å². The van der Waals surface area contributed by atoms with Gasteiger partial charge in [-0.25, -0.2) is 0 Å². The normalized spacial score (nSPS) is 11.1. The molecule has 0 radical (unpaired) electrons. The third kappa shape index (κ3) is 4.46. The molecule has 0 bridgehead atoms. The molecule has 0 aliphatic rings. The average molecular weight is 387 g/mol. The molecule has 0 atom stereocenters. The van der Waals surface area contributed by atoms with Crippen molar-refractivity contribution in [2.24, 2.45) is 0 Å². The van der Waals surface area contributed by atoms with Crippen LogP contribution in [0.3, 0.4) is 0 Å². The molecule has 0 aliphatic heterocycles. The SMILES string of the molecule is CCOc1ccc(-c2cccc(NC(=O)c3ccccc3C(F)(F)F)c2)nn1. The molecule has 0 unspecified atom stereocenters. The minimum absolute atomic E-state index is 0.343. The lowest BCUT2D eigenvalue weighted by Crippen LogP contribution is -2.18. The van der Waals surface area contributed by atoms with Crippen molar-refractivity contribution in [3.63, 3.8) is 0 Å². The Balaban J connectivity index is 1.83. The van der Waals surface area contributed by atoms with E-state index >= 15 is 0 Å². The van der Waals surface area contributed by atoms with Crippen LogP contribution in [0.15, 0.2) is 60.7 Å². The standard InChI is InChI=1S/C20H16F3N3O2/c1-2-28-18-11-10-17(25-26-18)13-6-5-7-14(12-13)24-19(27)15-8-3-4-9-16(15)20(21,22)23/h3-12H,2H2,1H3,(H,24,27). The van der Waals surface area contributed by atoms with Gasteiger partial charge in [0.2, 0.25) is 5.88 Å². The van der Waals surface area contributed by atoms with E-state index in [2.05, 4.69) is 15.5 Å². The summed E-state index contributed by atoms with van der Waals surface area (Å²) in [7, 11) is 0. The van der Waals surface area contributed by atoms with E-state index in [1.54, 1.807) is 36.4 Å². The predicted octanol–water partition coefficient (Wildman–Crippen LogP) is 4.81. The number of amides is 1. The van der Waals surface area contributed by atoms with Crippen LogP contribution < -0.4 is 10.1 Å². The quantitative estimate of drug-likeness (QED) is 0.682. The second-order valence-corrected chi connectivity index (χ2v) is 5.77. The van der Waals surface area contributed by atoms with Crippen molar-refractivity contribution in [2.45, 2.75) is 13.1 Å². The number of anilines is 1. The summed E-state index contributed by atoms with van der Waals surface area (Å²) in [5.74, 6) is -0.456. The van der Waals surface area contributed by atoms with Crippen molar-refractivity contribution in [1.29, 1.82) is 0 Å². The Labute approximate surface area is 159 Å². The van der Waals surface area contributed by atoms with Crippen molar-refractivity contribution in [2.75, 3.05) is 11.9 Å². The summed E-state index contributed by atoms with van der Waals surface area (Å²) in [6.07, 6.45) is -4.62. The van der Waals surface area contributed by atoms with Crippen LogP contribution in [0.4, 0.5) is 18.9 Å². The van der Waals surface area contributed by atoms with Crippen molar-refractivity contribution >= 4 is 11.6 Å². The fourth-order valence-corrected chi connectivity index (χ4v) is 2.58. The molecule has 1 amide bonds. The van der Waals surface area contributed by atoms with Crippen molar-refractivity contribution in [3.05, 3.63) is 71.8 Å². The summed E-state index contributed by atoms with van der Waals surface area (Å²) in [4.78, 5) is 12.4. The Kier molecular flexibility index (Phi) is 5.58. The molecule has 1 heterocycles. The van der Waals surface area contributed by atoms with Gasteiger partial charge < -0.3 is 10.1 Å². The number of benzene rings is 2. The largest absolute Gasteiger partial charge is 0.477 e. The summed E-state index contributed by atoms with van der Waals surface area (Å²) in [6, 6.07) is 14.6. The number of hydrogen-bond acceptors (Lipinski definition) is 4. The van der Waals surface area contributed by atoms with Crippen LogP contribution in [0.2, 0.25) is 0 Å². The number of carbonyl (C=O) groups excluding carboxylic acids is 1. The zero-order valence-corrected chi connectivity index (χ0v) is 14.8. The highest BCUT2D eigenvalue weighted by molar-refractivity contribution is 6.05. The van der Waals surface area contributed by atoms with Crippen molar-refractivity contribution in [3.8, 4) is 17.1 Å². The molecule has 1 aromatic heterocycles. The molecule has 0 spiro atoms. The smallest absolute Gasteiger partial charge is 0.417 e. The number of aromatic nitrogens is 2. The van der Waals surface area contributed by atoms with E-state index in [9.17, 15) is 18.0 Å². The average Bonchev–Trinajstić information content (AvgIpc) is 2.68. The molecular formula is C20H16F3N3O2. The number of halogens is 3. The van der Waals surface area contributed by atoms with Gasteiger partial charge in [-0.15, -0.1) is 10.2 Å². The third-order valence-corrected chi connectivity index (χ3v) is 3.83. The van der Waals surface area contributed by atoms with Gasteiger partial charge in [-0.1, -0.05) is 24.3 Å². The topological polar surface area (TPSA) is 64.1 Å². The molecular weight excluding hydrogens is 371 g/mol. The Bertz CT molecular complexity index is 973. The molecule has 0 fully saturated rings. The Morgan fingerprint density at radius 1 is 1.04 bits per heavy atom. The molecule has 144 valence electrons. The number of hydrogen-bond donors (Lipinski definition) is 1. The van der Waals surface area contributed by atoms with E-state index in [-0.39, 0.29) is 0 Å². The molecule has 8 heteroatoms. The maximum Gasteiger partial charge on any atom is 0.417 e. The fraction of sp³-hybridized carbons (Fsp3) is 0.150. The van der Waals surface area contributed by atoms with Gasteiger partial charge in [0.15, 0.2) is 0 Å². The van der Waals surface area contributed by atoms with Crippen molar-refractivity contribution < 1.29 is 22.7 Å². The van der Waals surface area contributed by atoms with E-state index in [0.29, 0.717) is 29.4 Å². The molecule has 2 aromatic carbocycles. The molecule has 3 rings (SSSR count). The van der Waals surface area contributed by atoms with Crippen LogP contribution in [0, 0.1) is 0 Å². The summed E-state index contributed by atoms with van der Waals surface area (Å²) in [5.41, 5.74) is 0.102. The van der Waals surface area contributed by atoms with Gasteiger partial charge in [-0.05, 0) is 37.3 Å². The van der Waals surface area contributed by atoms with E-state index in [1.165, 1.54) is 12.1 Å². The zero-order chi connectivity index (χ0) is 20.1. The molecule has 1 N–H and O–H groups in total. The van der Waals surface area contributed by atoms with Crippen LogP contribution in [0.25, 0.3) is 11.3 Å². The first-order valence-electron chi connectivity index (χ1n) is 8.43. The van der Waals surface area contributed by atoms with E-state index in [4.69, 9.17) is 4.74 Å². The van der Waals surface area contributed by atoms with Crippen LogP contribution in [0.1, 0.15) is 22.8 Å². The van der Waals surface area contributed by atoms with E-state index < -0.39 is 23.2 Å². The molecule has 28 heavy (non-hydrogen) atoms. The van der Waals surface area contributed by atoms with Gasteiger partial charge in [-0.3, -0.25) is 4.79 Å². The zero-order valence-electron chi connectivity index (χ0n) is 14.8. The Hall–Kier alpha value is -3.42. The van der Waals surface area contributed by atoms with Gasteiger partial charge in [0.05, 0.1) is 23.4 Å². The van der Waals surface area contributed by atoms with E-state index in [0.717, 1.165) is 12.1 Å². The maximum absolute atomic E-state index is 13.1. The minimum Gasteiger partial charge on any atom is -0.477 e. The lowest BCUT2D eigenvalue weighted by atomic mass is 10.1. The highest BCUT2D eigenvalue weighted by atomic mass is 19.4. The fourth-order valence-electron chi connectivity index (χ4n) is 2.58. The van der Waals surface area contributed by atoms with Crippen LogP contribution in [0.5, 0.6) is 5.88 Å². The number of nitrogens with zero attached hydrogens (tertiary/aromatic N) is 2. The minimum atomic E-state index is -4.62. The van der Waals surface area contributed by atoms with Gasteiger partial charge in [0.25, 0.3) is 5.91 Å². The van der Waals surface area contributed by atoms with Crippen LogP contribution in [-0.4, -0.2) is 22.7 Å². The highest BCUT2D eigenvalue weighted by Gasteiger charge is 2.34. The summed E-state index contributed by atoms with van der Waals surface area (Å²) < 4.78 is 44.6. The number of ether oxygens (including phenoxy) is 1. The molecule has 0 saturated carbocycles. The first-order chi connectivity index (χ1) is 13.4. The first kappa shape index (κ1) is 19.3. The lowest BCUT2D eigenvalue weighted by Gasteiger charge is -2.13. The summed E-state index contributed by atoms with van der Waals surface area (Å²) in [5, 5.41) is 10.5. The van der Waals surface area contributed by atoms with Gasteiger partial charge in [0.1, 0.15) is 0 Å². The molecule has 0 aliphatic carbocycles. The number of nitrogens with one attached hydrogen (secondary N) is 1. The number of alkyl halides is 3. The first-order valence-corrected chi connectivity index (χ1v) is 8.43. The molecule has 3 aromatic rings. The number of rotatable bonds is 5.